The van der Waals surface area contributed by atoms with Crippen LogP contribution in [0, 0.1) is 0 Å². The molecule has 0 bridgehead atoms. The minimum absolute atomic E-state index is 0.137. The number of hydrogen-bond donors (Lipinski definition) is 2. The number of aromatic nitrogens is 2. The summed E-state index contributed by atoms with van der Waals surface area (Å²) < 4.78 is 5.44. The SMILES string of the molecule is CC(O)Cc1ncccn1.CC1CCC(C)(CNC=O)N1C(=O)OC(C)(C)C. The maximum absolute atomic E-state index is 12.2. The Labute approximate surface area is 167 Å². The quantitative estimate of drug-likeness (QED) is 0.743. The molecule has 2 N–H and O–H groups in total. The normalized spacial score (nSPS) is 22.7. The molecule has 1 aliphatic rings. The minimum atomic E-state index is -0.502. The van der Waals surface area contributed by atoms with Gasteiger partial charge in [0.25, 0.3) is 0 Å². The van der Waals surface area contributed by atoms with Gasteiger partial charge in [0.1, 0.15) is 11.4 Å². The molecule has 3 atom stereocenters. The zero-order valence-corrected chi connectivity index (χ0v) is 17.8. The molecule has 1 aromatic heterocycles. The molecule has 0 aromatic carbocycles. The van der Waals surface area contributed by atoms with E-state index in [-0.39, 0.29) is 23.8 Å². The molecule has 0 saturated carbocycles. The van der Waals surface area contributed by atoms with Crippen molar-refractivity contribution >= 4 is 12.5 Å². The lowest BCUT2D eigenvalue weighted by atomic mass is 9.99. The highest BCUT2D eigenvalue weighted by Gasteiger charge is 2.45. The second-order valence-corrected chi connectivity index (χ2v) is 8.45. The molecule has 1 saturated heterocycles. The molecule has 3 unspecified atom stereocenters. The number of amides is 2. The highest BCUT2D eigenvalue weighted by atomic mass is 16.6. The number of hydrogen-bond acceptors (Lipinski definition) is 6. The van der Waals surface area contributed by atoms with Crippen LogP contribution < -0.4 is 5.32 Å². The average molecular weight is 395 g/mol. The van der Waals surface area contributed by atoms with Gasteiger partial charge < -0.3 is 15.2 Å². The molecule has 28 heavy (non-hydrogen) atoms. The van der Waals surface area contributed by atoms with Crippen molar-refractivity contribution in [3.05, 3.63) is 24.3 Å². The fraction of sp³-hybridized carbons (Fsp3) is 0.700. The van der Waals surface area contributed by atoms with Gasteiger partial charge >= 0.3 is 6.09 Å². The maximum atomic E-state index is 12.2. The van der Waals surface area contributed by atoms with Gasteiger partial charge in [0, 0.05) is 31.4 Å². The molecule has 1 aliphatic heterocycles. The number of carbonyl (C=O) groups is 2. The summed E-state index contributed by atoms with van der Waals surface area (Å²) in [7, 11) is 0. The van der Waals surface area contributed by atoms with Gasteiger partial charge in [-0.1, -0.05) is 0 Å². The van der Waals surface area contributed by atoms with Crippen molar-refractivity contribution in [2.75, 3.05) is 6.54 Å². The monoisotopic (exact) mass is 394 g/mol. The van der Waals surface area contributed by atoms with Crippen molar-refractivity contribution in [2.24, 2.45) is 0 Å². The summed E-state index contributed by atoms with van der Waals surface area (Å²) >= 11 is 0. The second kappa shape index (κ2) is 10.4. The lowest BCUT2D eigenvalue weighted by Gasteiger charge is -2.38. The number of rotatable bonds is 5. The molecule has 2 rings (SSSR count). The average Bonchev–Trinajstić information content (AvgIpc) is 2.88. The van der Waals surface area contributed by atoms with Gasteiger partial charge in [-0.25, -0.2) is 14.8 Å². The summed E-state index contributed by atoms with van der Waals surface area (Å²) in [5.41, 5.74) is -0.860. The van der Waals surface area contributed by atoms with Gasteiger partial charge in [-0.3, -0.25) is 9.69 Å². The largest absolute Gasteiger partial charge is 0.444 e. The zero-order valence-electron chi connectivity index (χ0n) is 17.8. The van der Waals surface area contributed by atoms with Crippen LogP contribution in [0.3, 0.4) is 0 Å². The molecule has 1 fully saturated rings. The van der Waals surface area contributed by atoms with Gasteiger partial charge in [0.2, 0.25) is 6.41 Å². The van der Waals surface area contributed by atoms with Gasteiger partial charge in [0.05, 0.1) is 11.6 Å². The Balaban J connectivity index is 0.000000330. The molecule has 2 amide bonds. The smallest absolute Gasteiger partial charge is 0.411 e. The van der Waals surface area contributed by atoms with Crippen LogP contribution in [0.4, 0.5) is 4.79 Å². The number of aliphatic hydroxyl groups is 1. The lowest BCUT2D eigenvalue weighted by Crippen LogP contribution is -2.54. The number of ether oxygens (including phenoxy) is 1. The van der Waals surface area contributed by atoms with E-state index >= 15 is 0 Å². The fourth-order valence-electron chi connectivity index (χ4n) is 3.15. The Morgan fingerprint density at radius 3 is 2.57 bits per heavy atom. The van der Waals surface area contributed by atoms with Crippen molar-refractivity contribution in [1.82, 2.24) is 20.2 Å². The molecular formula is C20H34N4O4. The number of aliphatic hydroxyl groups excluding tert-OH is 1. The molecule has 8 nitrogen and oxygen atoms in total. The Kier molecular flexibility index (Phi) is 8.81. The third kappa shape index (κ3) is 7.80. The molecule has 8 heteroatoms. The first-order valence-electron chi connectivity index (χ1n) is 9.62. The standard InChI is InChI=1S/C13H24N2O3.C7H10N2O/c1-10-6-7-13(5,8-14-9-16)15(10)11(17)18-12(2,3)4;1-6(10)5-7-8-3-2-4-9-7/h9-10H,6-8H2,1-5H3,(H,14,16);2-4,6,10H,5H2,1H3. The van der Waals surface area contributed by atoms with E-state index in [1.165, 1.54) is 0 Å². The topological polar surface area (TPSA) is 105 Å². The van der Waals surface area contributed by atoms with E-state index in [4.69, 9.17) is 9.84 Å². The van der Waals surface area contributed by atoms with Crippen molar-refractivity contribution in [2.45, 2.75) is 84.1 Å². The van der Waals surface area contributed by atoms with Crippen molar-refractivity contribution in [3.63, 3.8) is 0 Å². The van der Waals surface area contributed by atoms with E-state index in [0.717, 1.165) is 12.8 Å². The summed E-state index contributed by atoms with van der Waals surface area (Å²) in [6.07, 6.45) is 5.67. The molecule has 1 aromatic rings. The van der Waals surface area contributed by atoms with Gasteiger partial charge in [-0.05, 0) is 60.5 Å². The zero-order chi connectivity index (χ0) is 21.4. The van der Waals surface area contributed by atoms with E-state index in [1.807, 2.05) is 34.6 Å². The van der Waals surface area contributed by atoms with Crippen molar-refractivity contribution in [3.8, 4) is 0 Å². The lowest BCUT2D eigenvalue weighted by molar-refractivity contribution is -0.110. The Morgan fingerprint density at radius 1 is 1.46 bits per heavy atom. The summed E-state index contributed by atoms with van der Waals surface area (Å²) in [6, 6.07) is 1.89. The maximum Gasteiger partial charge on any atom is 0.411 e. The van der Waals surface area contributed by atoms with E-state index in [1.54, 1.807) is 30.3 Å². The molecule has 0 aliphatic carbocycles. The number of nitrogens with one attached hydrogen (secondary N) is 1. The van der Waals surface area contributed by atoms with Gasteiger partial charge in [-0.2, -0.15) is 0 Å². The number of nitrogens with zero attached hydrogens (tertiary/aromatic N) is 3. The Hall–Kier alpha value is -2.22. The third-order valence-electron chi connectivity index (χ3n) is 4.38. The van der Waals surface area contributed by atoms with Crippen LogP contribution in [0.25, 0.3) is 0 Å². The molecule has 158 valence electrons. The first-order chi connectivity index (χ1) is 13.0. The number of likely N-dealkylation sites (tertiary alicyclic amines) is 1. The summed E-state index contributed by atoms with van der Waals surface area (Å²) in [5.74, 6) is 0.692. The second-order valence-electron chi connectivity index (χ2n) is 8.45. The highest BCUT2D eigenvalue weighted by molar-refractivity contribution is 5.70. The fourth-order valence-corrected chi connectivity index (χ4v) is 3.15. The van der Waals surface area contributed by atoms with Crippen LogP contribution in [0.15, 0.2) is 18.5 Å². The van der Waals surface area contributed by atoms with Crippen LogP contribution in [0.5, 0.6) is 0 Å². The van der Waals surface area contributed by atoms with Crippen LogP contribution in [0.1, 0.15) is 60.2 Å². The van der Waals surface area contributed by atoms with Crippen LogP contribution in [-0.2, 0) is 16.0 Å². The third-order valence-corrected chi connectivity index (χ3v) is 4.38. The molecule has 0 radical (unpaired) electrons. The molecule has 2 heterocycles. The highest BCUT2D eigenvalue weighted by Crippen LogP contribution is 2.34. The van der Waals surface area contributed by atoms with Crippen LogP contribution in [0.2, 0.25) is 0 Å². The first-order valence-corrected chi connectivity index (χ1v) is 9.62. The Morgan fingerprint density at radius 2 is 2.07 bits per heavy atom. The van der Waals surface area contributed by atoms with E-state index in [2.05, 4.69) is 15.3 Å². The summed E-state index contributed by atoms with van der Waals surface area (Å²) in [6.45, 7) is 11.7. The summed E-state index contributed by atoms with van der Waals surface area (Å²) in [5, 5.41) is 11.6. The predicted octanol–water partition coefficient (Wildman–Crippen LogP) is 2.31. The first kappa shape index (κ1) is 23.8. The van der Waals surface area contributed by atoms with Crippen molar-refractivity contribution in [1.29, 1.82) is 0 Å². The number of carbonyl (C=O) groups excluding carboxylic acids is 2. The van der Waals surface area contributed by atoms with E-state index < -0.39 is 5.60 Å². The van der Waals surface area contributed by atoms with Crippen molar-refractivity contribution < 1.29 is 19.4 Å². The minimum Gasteiger partial charge on any atom is -0.444 e. The predicted molar refractivity (Wildman–Crippen MR) is 107 cm³/mol. The Bertz CT molecular complexity index is 618. The molecular weight excluding hydrogens is 360 g/mol. The van der Waals surface area contributed by atoms with Crippen LogP contribution >= 0.6 is 0 Å². The van der Waals surface area contributed by atoms with E-state index in [9.17, 15) is 9.59 Å². The molecule has 0 spiro atoms. The van der Waals surface area contributed by atoms with E-state index in [0.29, 0.717) is 25.2 Å². The van der Waals surface area contributed by atoms with Crippen LogP contribution in [-0.4, -0.2) is 62.3 Å². The summed E-state index contributed by atoms with van der Waals surface area (Å²) in [4.78, 5) is 32.3. The van der Waals surface area contributed by atoms with Gasteiger partial charge in [-0.15, -0.1) is 0 Å². The van der Waals surface area contributed by atoms with Gasteiger partial charge in [0.15, 0.2) is 0 Å².